The van der Waals surface area contributed by atoms with Crippen molar-refractivity contribution >= 4 is 15.9 Å². The molecular formula is C12H16BrNO3. The molecule has 4 nitrogen and oxygen atoms in total. The van der Waals surface area contributed by atoms with E-state index in [4.69, 9.17) is 9.47 Å². The Balaban J connectivity index is 2.56. The van der Waals surface area contributed by atoms with Crippen molar-refractivity contribution in [3.8, 4) is 17.2 Å². The van der Waals surface area contributed by atoms with Crippen LogP contribution in [0.3, 0.4) is 0 Å². The van der Waals surface area contributed by atoms with Crippen LogP contribution in [0.1, 0.15) is 17.9 Å². The molecule has 0 aliphatic carbocycles. The Morgan fingerprint density at radius 2 is 2.18 bits per heavy atom. The van der Waals surface area contributed by atoms with Crippen LogP contribution >= 0.6 is 15.9 Å². The predicted octanol–water partition coefficient (Wildman–Crippen LogP) is 2.25. The van der Waals surface area contributed by atoms with Crippen molar-refractivity contribution in [2.24, 2.45) is 0 Å². The van der Waals surface area contributed by atoms with Crippen molar-refractivity contribution in [1.82, 2.24) is 5.32 Å². The zero-order valence-corrected chi connectivity index (χ0v) is 11.5. The van der Waals surface area contributed by atoms with Gasteiger partial charge in [-0.1, -0.05) is 0 Å². The number of aromatic hydroxyl groups is 1. The molecule has 1 saturated heterocycles. The number of methoxy groups -OCH3 is 2. The molecule has 1 heterocycles. The van der Waals surface area contributed by atoms with Crippen LogP contribution in [0.15, 0.2) is 10.5 Å². The molecule has 0 bridgehead atoms. The van der Waals surface area contributed by atoms with Crippen LogP contribution in [0.4, 0.5) is 0 Å². The summed E-state index contributed by atoms with van der Waals surface area (Å²) in [5.74, 6) is 1.77. The van der Waals surface area contributed by atoms with E-state index in [0.29, 0.717) is 16.0 Å². The van der Waals surface area contributed by atoms with Gasteiger partial charge in [0.1, 0.15) is 5.75 Å². The number of hydrogen-bond donors (Lipinski definition) is 2. The number of nitrogens with one attached hydrogen (secondary N) is 1. The normalized spacial score (nSPS) is 19.4. The summed E-state index contributed by atoms with van der Waals surface area (Å²) in [6.07, 6.45) is 0.990. The van der Waals surface area contributed by atoms with Crippen LogP contribution in [0.25, 0.3) is 0 Å². The maximum atomic E-state index is 10.2. The van der Waals surface area contributed by atoms with E-state index in [9.17, 15) is 5.11 Å². The van der Waals surface area contributed by atoms with Gasteiger partial charge in [0, 0.05) is 24.1 Å². The first-order valence-electron chi connectivity index (χ1n) is 5.53. The lowest BCUT2D eigenvalue weighted by Crippen LogP contribution is -2.09. The van der Waals surface area contributed by atoms with E-state index in [-0.39, 0.29) is 11.7 Å². The van der Waals surface area contributed by atoms with E-state index in [1.165, 1.54) is 0 Å². The highest BCUT2D eigenvalue weighted by Crippen LogP contribution is 2.47. The minimum atomic E-state index is 0.247. The highest BCUT2D eigenvalue weighted by Gasteiger charge is 2.27. The SMILES string of the molecule is COc1cc(Br)c(O)c(C2CCNC2)c1OC. The minimum Gasteiger partial charge on any atom is -0.506 e. The summed E-state index contributed by atoms with van der Waals surface area (Å²) in [6, 6.07) is 1.72. The molecule has 2 rings (SSSR count). The molecule has 0 spiro atoms. The number of ether oxygens (including phenoxy) is 2. The molecule has 17 heavy (non-hydrogen) atoms. The number of benzene rings is 1. The highest BCUT2D eigenvalue weighted by atomic mass is 79.9. The number of rotatable bonds is 3. The molecule has 0 radical (unpaired) electrons. The first kappa shape index (κ1) is 12.5. The number of hydrogen-bond acceptors (Lipinski definition) is 4. The Bertz CT molecular complexity index is 417. The van der Waals surface area contributed by atoms with Gasteiger partial charge in [-0.05, 0) is 28.9 Å². The molecule has 1 aliphatic heterocycles. The molecule has 5 heteroatoms. The Kier molecular flexibility index (Phi) is 3.79. The van der Waals surface area contributed by atoms with Gasteiger partial charge in [-0.2, -0.15) is 0 Å². The maximum Gasteiger partial charge on any atom is 0.168 e. The van der Waals surface area contributed by atoms with Crippen molar-refractivity contribution in [1.29, 1.82) is 0 Å². The van der Waals surface area contributed by atoms with Gasteiger partial charge in [0.05, 0.1) is 18.7 Å². The van der Waals surface area contributed by atoms with Gasteiger partial charge in [-0.15, -0.1) is 0 Å². The first-order chi connectivity index (χ1) is 8.19. The van der Waals surface area contributed by atoms with Crippen LogP contribution in [0.2, 0.25) is 0 Å². The van der Waals surface area contributed by atoms with E-state index in [0.717, 1.165) is 25.1 Å². The van der Waals surface area contributed by atoms with Crippen molar-refractivity contribution in [2.75, 3.05) is 27.3 Å². The highest BCUT2D eigenvalue weighted by molar-refractivity contribution is 9.10. The molecule has 1 aromatic carbocycles. The lowest BCUT2D eigenvalue weighted by atomic mass is 9.96. The summed E-state index contributed by atoms with van der Waals surface area (Å²) < 4.78 is 11.3. The van der Waals surface area contributed by atoms with Gasteiger partial charge < -0.3 is 19.9 Å². The molecule has 94 valence electrons. The second-order valence-electron chi connectivity index (χ2n) is 4.05. The molecule has 1 atom stereocenters. The Labute approximate surface area is 109 Å². The maximum absolute atomic E-state index is 10.2. The van der Waals surface area contributed by atoms with Gasteiger partial charge in [-0.25, -0.2) is 0 Å². The Morgan fingerprint density at radius 1 is 1.41 bits per heavy atom. The first-order valence-corrected chi connectivity index (χ1v) is 6.32. The van der Waals surface area contributed by atoms with Gasteiger partial charge in [0.2, 0.25) is 0 Å². The van der Waals surface area contributed by atoms with Crippen LogP contribution in [-0.2, 0) is 0 Å². The smallest absolute Gasteiger partial charge is 0.168 e. The van der Waals surface area contributed by atoms with Gasteiger partial charge in [-0.3, -0.25) is 0 Å². The summed E-state index contributed by atoms with van der Waals surface area (Å²) in [6.45, 7) is 1.81. The lowest BCUT2D eigenvalue weighted by molar-refractivity contribution is 0.343. The van der Waals surface area contributed by atoms with E-state index in [1.54, 1.807) is 20.3 Å². The Hall–Kier alpha value is -0.940. The average molecular weight is 302 g/mol. The topological polar surface area (TPSA) is 50.7 Å². The van der Waals surface area contributed by atoms with Crippen LogP contribution in [0.5, 0.6) is 17.2 Å². The van der Waals surface area contributed by atoms with E-state index in [1.807, 2.05) is 0 Å². The van der Waals surface area contributed by atoms with Crippen molar-refractivity contribution < 1.29 is 14.6 Å². The second-order valence-corrected chi connectivity index (χ2v) is 4.90. The fourth-order valence-electron chi connectivity index (χ4n) is 2.26. The zero-order valence-electron chi connectivity index (χ0n) is 9.92. The fourth-order valence-corrected chi connectivity index (χ4v) is 2.68. The molecular weight excluding hydrogens is 286 g/mol. The number of halogens is 1. The van der Waals surface area contributed by atoms with E-state index in [2.05, 4.69) is 21.2 Å². The summed E-state index contributed by atoms with van der Waals surface area (Å²) in [4.78, 5) is 0. The molecule has 0 saturated carbocycles. The summed E-state index contributed by atoms with van der Waals surface area (Å²) in [5.41, 5.74) is 0.823. The van der Waals surface area contributed by atoms with Gasteiger partial charge in [0.25, 0.3) is 0 Å². The third kappa shape index (κ3) is 2.21. The molecule has 0 amide bonds. The predicted molar refractivity (Wildman–Crippen MR) is 69.1 cm³/mol. The standard InChI is InChI=1S/C12H16BrNO3/c1-16-9-5-8(13)11(15)10(12(9)17-2)7-3-4-14-6-7/h5,7,14-15H,3-4,6H2,1-2H3. The summed E-state index contributed by atoms with van der Waals surface area (Å²) in [5, 5.41) is 13.5. The van der Waals surface area contributed by atoms with Crippen molar-refractivity contribution in [2.45, 2.75) is 12.3 Å². The number of phenols is 1. The molecule has 2 N–H and O–H groups in total. The summed E-state index contributed by atoms with van der Waals surface area (Å²) in [7, 11) is 3.19. The molecule has 0 aromatic heterocycles. The fraction of sp³-hybridized carbons (Fsp3) is 0.500. The van der Waals surface area contributed by atoms with Crippen molar-refractivity contribution in [3.05, 3.63) is 16.1 Å². The number of phenolic OH excluding ortho intramolecular Hbond substituents is 1. The molecule has 1 aliphatic rings. The average Bonchev–Trinajstić information content (AvgIpc) is 2.85. The quantitative estimate of drug-likeness (QED) is 0.899. The minimum absolute atomic E-state index is 0.247. The van der Waals surface area contributed by atoms with Crippen molar-refractivity contribution in [3.63, 3.8) is 0 Å². The molecule has 1 aromatic rings. The largest absolute Gasteiger partial charge is 0.506 e. The third-order valence-electron chi connectivity index (χ3n) is 3.10. The Morgan fingerprint density at radius 3 is 2.71 bits per heavy atom. The van der Waals surface area contributed by atoms with E-state index >= 15 is 0 Å². The molecule has 1 fully saturated rings. The second kappa shape index (κ2) is 5.14. The molecule has 1 unspecified atom stereocenters. The van der Waals surface area contributed by atoms with Crippen LogP contribution in [0, 0.1) is 0 Å². The van der Waals surface area contributed by atoms with Gasteiger partial charge in [0.15, 0.2) is 11.5 Å². The van der Waals surface area contributed by atoms with Crippen LogP contribution < -0.4 is 14.8 Å². The monoisotopic (exact) mass is 301 g/mol. The van der Waals surface area contributed by atoms with Gasteiger partial charge >= 0.3 is 0 Å². The zero-order chi connectivity index (χ0) is 12.4. The summed E-state index contributed by atoms with van der Waals surface area (Å²) >= 11 is 3.34. The van der Waals surface area contributed by atoms with E-state index < -0.39 is 0 Å². The van der Waals surface area contributed by atoms with Crippen LogP contribution in [-0.4, -0.2) is 32.4 Å². The lowest BCUT2D eigenvalue weighted by Gasteiger charge is -2.19. The third-order valence-corrected chi connectivity index (χ3v) is 3.70.